The Hall–Kier alpha value is -2.41. The van der Waals surface area contributed by atoms with Crippen molar-refractivity contribution >= 4 is 17.3 Å². The fourth-order valence-electron chi connectivity index (χ4n) is 2.55. The Labute approximate surface area is 134 Å². The molecule has 2 rings (SSSR count). The minimum Gasteiger partial charge on any atom is -0.465 e. The average molecular weight is 320 g/mol. The van der Waals surface area contributed by atoms with Crippen molar-refractivity contribution in [1.82, 2.24) is 0 Å². The maximum atomic E-state index is 11.8. The highest BCUT2D eigenvalue weighted by molar-refractivity contribution is 5.95. The lowest BCUT2D eigenvalue weighted by Crippen LogP contribution is -2.11. The number of carbonyl (C=O) groups excluding carboxylic acids is 1. The molecule has 1 aliphatic rings. The van der Waals surface area contributed by atoms with E-state index >= 15 is 0 Å². The van der Waals surface area contributed by atoms with Crippen molar-refractivity contribution in [2.75, 3.05) is 32.2 Å². The van der Waals surface area contributed by atoms with E-state index in [0.717, 1.165) is 19.4 Å². The Kier molecular flexibility index (Phi) is 5.70. The molecule has 0 fully saturated rings. The van der Waals surface area contributed by atoms with Crippen LogP contribution in [0.1, 0.15) is 28.8 Å². The van der Waals surface area contributed by atoms with Crippen molar-refractivity contribution < 1.29 is 19.2 Å². The number of anilines is 1. The van der Waals surface area contributed by atoms with E-state index < -0.39 is 10.9 Å². The van der Waals surface area contributed by atoms with Gasteiger partial charge in [0.25, 0.3) is 5.69 Å². The fourth-order valence-corrected chi connectivity index (χ4v) is 2.55. The first kappa shape index (κ1) is 17.0. The van der Waals surface area contributed by atoms with Crippen LogP contribution in [0.5, 0.6) is 0 Å². The van der Waals surface area contributed by atoms with Crippen LogP contribution in [0.3, 0.4) is 0 Å². The maximum Gasteiger partial charge on any atom is 0.344 e. The van der Waals surface area contributed by atoms with Gasteiger partial charge in [-0.1, -0.05) is 11.6 Å². The number of methoxy groups -OCH3 is 1. The van der Waals surface area contributed by atoms with Gasteiger partial charge < -0.3 is 14.8 Å². The van der Waals surface area contributed by atoms with Crippen molar-refractivity contribution in [3.63, 3.8) is 0 Å². The van der Waals surface area contributed by atoms with E-state index in [1.807, 2.05) is 0 Å². The van der Waals surface area contributed by atoms with Crippen molar-refractivity contribution in [3.8, 4) is 0 Å². The first-order valence-electron chi connectivity index (χ1n) is 7.39. The van der Waals surface area contributed by atoms with Gasteiger partial charge in [-0.3, -0.25) is 10.1 Å². The molecule has 124 valence electrons. The first-order valence-corrected chi connectivity index (χ1v) is 7.39. The van der Waals surface area contributed by atoms with E-state index in [-0.39, 0.29) is 11.3 Å². The number of hydrogen-bond donors (Lipinski definition) is 1. The first-order chi connectivity index (χ1) is 11.0. The number of nitrogens with one attached hydrogen (secondary N) is 1. The van der Waals surface area contributed by atoms with Crippen molar-refractivity contribution in [1.29, 1.82) is 0 Å². The highest BCUT2D eigenvalue weighted by atomic mass is 16.6. The highest BCUT2D eigenvalue weighted by Crippen LogP contribution is 2.28. The van der Waals surface area contributed by atoms with Crippen LogP contribution in [-0.2, 0) is 9.47 Å². The largest absolute Gasteiger partial charge is 0.465 e. The number of nitro groups is 1. The summed E-state index contributed by atoms with van der Waals surface area (Å²) in [6.45, 7) is 3.69. The molecule has 0 aliphatic carbocycles. The SMILES string of the molecule is COC(=O)c1cc(NCCC2=CCOCC2)cc(C)c1[N+](=O)[O-]. The molecule has 7 heteroatoms. The van der Waals surface area contributed by atoms with Gasteiger partial charge in [0.1, 0.15) is 5.56 Å². The predicted molar refractivity (Wildman–Crippen MR) is 85.8 cm³/mol. The number of esters is 1. The van der Waals surface area contributed by atoms with E-state index in [1.165, 1.54) is 18.7 Å². The molecular formula is C16H20N2O5. The predicted octanol–water partition coefficient (Wildman–Crippen LogP) is 2.84. The molecule has 1 aromatic rings. The van der Waals surface area contributed by atoms with Crippen LogP contribution in [0, 0.1) is 17.0 Å². The van der Waals surface area contributed by atoms with Gasteiger partial charge in [-0.2, -0.15) is 0 Å². The smallest absolute Gasteiger partial charge is 0.344 e. The van der Waals surface area contributed by atoms with Gasteiger partial charge in [-0.25, -0.2) is 4.79 Å². The molecule has 0 saturated carbocycles. The van der Waals surface area contributed by atoms with E-state index in [2.05, 4.69) is 16.1 Å². The van der Waals surface area contributed by atoms with Crippen LogP contribution >= 0.6 is 0 Å². The fraction of sp³-hybridized carbons (Fsp3) is 0.438. The average Bonchev–Trinajstić information content (AvgIpc) is 2.54. The Morgan fingerprint density at radius 3 is 2.87 bits per heavy atom. The van der Waals surface area contributed by atoms with Crippen LogP contribution in [-0.4, -0.2) is 37.8 Å². The van der Waals surface area contributed by atoms with Crippen LogP contribution < -0.4 is 5.32 Å². The monoisotopic (exact) mass is 320 g/mol. The van der Waals surface area contributed by atoms with Crippen molar-refractivity contribution in [2.24, 2.45) is 0 Å². The molecular weight excluding hydrogens is 300 g/mol. The molecule has 1 aromatic carbocycles. The summed E-state index contributed by atoms with van der Waals surface area (Å²) in [6, 6.07) is 3.14. The van der Waals surface area contributed by atoms with E-state index in [1.54, 1.807) is 13.0 Å². The standard InChI is InChI=1S/C16H20N2O5/c1-11-9-13(17-6-3-12-4-7-23-8-5-12)10-14(16(19)22-2)15(11)18(20)21/h4,9-10,17H,3,5-8H2,1-2H3. The summed E-state index contributed by atoms with van der Waals surface area (Å²) in [6.07, 6.45) is 3.87. The molecule has 0 unspecified atom stereocenters. The summed E-state index contributed by atoms with van der Waals surface area (Å²) in [4.78, 5) is 22.4. The number of hydrogen-bond acceptors (Lipinski definition) is 6. The van der Waals surface area contributed by atoms with Gasteiger partial charge in [0.05, 0.1) is 25.2 Å². The molecule has 0 spiro atoms. The quantitative estimate of drug-likeness (QED) is 0.375. The number of aryl methyl sites for hydroxylation is 1. The van der Waals surface area contributed by atoms with E-state index in [4.69, 9.17) is 4.74 Å². The lowest BCUT2D eigenvalue weighted by molar-refractivity contribution is -0.385. The highest BCUT2D eigenvalue weighted by Gasteiger charge is 2.24. The molecule has 0 radical (unpaired) electrons. The molecule has 23 heavy (non-hydrogen) atoms. The second kappa shape index (κ2) is 7.73. The van der Waals surface area contributed by atoms with Crippen LogP contribution in [0.2, 0.25) is 0 Å². The summed E-state index contributed by atoms with van der Waals surface area (Å²) >= 11 is 0. The van der Waals surface area contributed by atoms with E-state index in [0.29, 0.717) is 24.4 Å². The Balaban J connectivity index is 2.13. The second-order valence-corrected chi connectivity index (χ2v) is 5.30. The molecule has 0 aromatic heterocycles. The van der Waals surface area contributed by atoms with E-state index in [9.17, 15) is 14.9 Å². The zero-order valence-corrected chi connectivity index (χ0v) is 13.3. The zero-order valence-electron chi connectivity index (χ0n) is 13.3. The maximum absolute atomic E-state index is 11.8. The summed E-state index contributed by atoms with van der Waals surface area (Å²) in [5.41, 5.74) is 2.17. The van der Waals surface area contributed by atoms with Gasteiger partial charge in [0.2, 0.25) is 0 Å². The molecule has 0 bridgehead atoms. The second-order valence-electron chi connectivity index (χ2n) is 5.30. The molecule has 7 nitrogen and oxygen atoms in total. The number of ether oxygens (including phenoxy) is 2. The van der Waals surface area contributed by atoms with Crippen LogP contribution in [0.4, 0.5) is 11.4 Å². The minimum absolute atomic E-state index is 0.0368. The number of carbonyl (C=O) groups is 1. The van der Waals surface area contributed by atoms with Crippen molar-refractivity contribution in [2.45, 2.75) is 19.8 Å². The molecule has 1 N–H and O–H groups in total. The van der Waals surface area contributed by atoms with Crippen LogP contribution in [0.15, 0.2) is 23.8 Å². The third-order valence-electron chi connectivity index (χ3n) is 3.72. The topological polar surface area (TPSA) is 90.7 Å². The number of nitrogens with zero attached hydrogens (tertiary/aromatic N) is 1. The van der Waals surface area contributed by atoms with Crippen LogP contribution in [0.25, 0.3) is 0 Å². The number of benzene rings is 1. The summed E-state index contributed by atoms with van der Waals surface area (Å²) in [5, 5.41) is 14.4. The Bertz CT molecular complexity index is 640. The summed E-state index contributed by atoms with van der Waals surface area (Å²) in [5.74, 6) is -0.712. The molecule has 0 amide bonds. The normalized spacial score (nSPS) is 14.1. The van der Waals surface area contributed by atoms with Gasteiger partial charge >= 0.3 is 5.97 Å². The summed E-state index contributed by atoms with van der Waals surface area (Å²) in [7, 11) is 1.21. The number of rotatable bonds is 6. The molecule has 1 heterocycles. The van der Waals surface area contributed by atoms with Gasteiger partial charge in [0.15, 0.2) is 0 Å². The van der Waals surface area contributed by atoms with Gasteiger partial charge in [-0.05, 0) is 31.9 Å². The Morgan fingerprint density at radius 1 is 1.48 bits per heavy atom. The lowest BCUT2D eigenvalue weighted by Gasteiger charge is -2.15. The van der Waals surface area contributed by atoms with Crippen molar-refractivity contribution in [3.05, 3.63) is 45.0 Å². The zero-order chi connectivity index (χ0) is 16.8. The number of nitro benzene ring substituents is 1. The third-order valence-corrected chi connectivity index (χ3v) is 3.72. The Morgan fingerprint density at radius 2 is 2.26 bits per heavy atom. The molecule has 0 atom stereocenters. The molecule has 1 aliphatic heterocycles. The molecule has 0 saturated heterocycles. The lowest BCUT2D eigenvalue weighted by atomic mass is 10.1. The summed E-state index contributed by atoms with van der Waals surface area (Å²) < 4.78 is 9.90. The third kappa shape index (κ3) is 4.29. The van der Waals surface area contributed by atoms with Gasteiger partial charge in [0, 0.05) is 17.8 Å². The minimum atomic E-state index is -0.712. The van der Waals surface area contributed by atoms with Gasteiger partial charge in [-0.15, -0.1) is 0 Å².